The largest absolute Gasteiger partial charge is 0.355 e. The monoisotopic (exact) mass is 406 g/mol. The van der Waals surface area contributed by atoms with Crippen molar-refractivity contribution in [2.75, 3.05) is 29.9 Å². The molecule has 4 heterocycles. The molecule has 1 fully saturated rings. The molecule has 1 aliphatic heterocycles. The molecule has 10 heteroatoms. The molecule has 3 aromatic heterocycles. The molecule has 27 heavy (non-hydrogen) atoms. The van der Waals surface area contributed by atoms with Gasteiger partial charge >= 0.3 is 0 Å². The van der Waals surface area contributed by atoms with Crippen LogP contribution >= 0.6 is 23.2 Å². The topological polar surface area (TPSA) is 109 Å². The number of aromatic nitrogens is 5. The number of nitrogens with two attached hydrogens (primary N) is 1. The zero-order chi connectivity index (χ0) is 19.0. The Morgan fingerprint density at radius 3 is 2.81 bits per heavy atom. The summed E-state index contributed by atoms with van der Waals surface area (Å²) in [5.74, 6) is 1.42. The summed E-state index contributed by atoms with van der Waals surface area (Å²) in [5, 5.41) is 10.9. The molecule has 1 aliphatic rings. The molecule has 1 saturated heterocycles. The average molecular weight is 407 g/mol. The van der Waals surface area contributed by atoms with E-state index < -0.39 is 0 Å². The van der Waals surface area contributed by atoms with Crippen molar-refractivity contribution in [1.29, 1.82) is 0 Å². The second-order valence-corrected chi connectivity index (χ2v) is 7.83. The third kappa shape index (κ3) is 3.52. The molecule has 0 atom stereocenters. The molecule has 0 bridgehead atoms. The molecule has 4 rings (SSSR count). The van der Waals surface area contributed by atoms with E-state index in [9.17, 15) is 0 Å². The highest BCUT2D eigenvalue weighted by Crippen LogP contribution is 2.33. The third-order valence-electron chi connectivity index (χ3n) is 5.15. The van der Waals surface area contributed by atoms with Crippen LogP contribution in [0.1, 0.15) is 19.8 Å². The minimum absolute atomic E-state index is 0.211. The van der Waals surface area contributed by atoms with E-state index in [-0.39, 0.29) is 10.6 Å². The van der Waals surface area contributed by atoms with Gasteiger partial charge in [-0.05, 0) is 30.9 Å². The number of hydrogen-bond donors (Lipinski definition) is 3. The van der Waals surface area contributed by atoms with Gasteiger partial charge in [-0.1, -0.05) is 30.1 Å². The van der Waals surface area contributed by atoms with E-state index in [1.54, 1.807) is 18.5 Å². The number of H-pyrrole nitrogens is 1. The van der Waals surface area contributed by atoms with Gasteiger partial charge in [-0.3, -0.25) is 5.10 Å². The predicted octanol–water partition coefficient (Wildman–Crippen LogP) is 3.36. The first-order chi connectivity index (χ1) is 13.0. The Morgan fingerprint density at radius 1 is 1.30 bits per heavy atom. The molecule has 0 spiro atoms. The number of piperidine rings is 1. The standard InChI is InChI=1S/C17H20Cl2N8/c1-17(9-20)3-6-27(7-4-17)11-8-22-13-15(25-26-16(13)24-11)23-10-2-5-21-14(19)12(10)18/h2,5,8H,3-4,6-7,9,20H2,1H3,(H2,21,23,24,25,26). The van der Waals surface area contributed by atoms with Gasteiger partial charge in [-0.25, -0.2) is 15.0 Å². The highest BCUT2D eigenvalue weighted by Gasteiger charge is 2.29. The summed E-state index contributed by atoms with van der Waals surface area (Å²) in [7, 11) is 0. The van der Waals surface area contributed by atoms with Crippen LogP contribution in [-0.2, 0) is 0 Å². The minimum Gasteiger partial charge on any atom is -0.355 e. The lowest BCUT2D eigenvalue weighted by Gasteiger charge is -2.39. The van der Waals surface area contributed by atoms with E-state index in [1.165, 1.54) is 0 Å². The van der Waals surface area contributed by atoms with Crippen LogP contribution in [-0.4, -0.2) is 44.8 Å². The summed E-state index contributed by atoms with van der Waals surface area (Å²) < 4.78 is 0. The lowest BCUT2D eigenvalue weighted by atomic mass is 9.80. The molecule has 0 amide bonds. The smallest absolute Gasteiger partial charge is 0.203 e. The van der Waals surface area contributed by atoms with Crippen LogP contribution in [0.15, 0.2) is 18.5 Å². The lowest BCUT2D eigenvalue weighted by Crippen LogP contribution is -2.42. The summed E-state index contributed by atoms with van der Waals surface area (Å²) >= 11 is 12.1. The number of nitrogens with zero attached hydrogens (tertiary/aromatic N) is 5. The van der Waals surface area contributed by atoms with Gasteiger partial charge in [-0.2, -0.15) is 5.10 Å². The Kier molecular flexibility index (Phi) is 4.79. The first kappa shape index (κ1) is 18.2. The zero-order valence-electron chi connectivity index (χ0n) is 14.8. The molecule has 0 unspecified atom stereocenters. The molecule has 0 aromatic carbocycles. The van der Waals surface area contributed by atoms with Crippen molar-refractivity contribution in [3.8, 4) is 0 Å². The summed E-state index contributed by atoms with van der Waals surface area (Å²) in [4.78, 5) is 15.4. The van der Waals surface area contributed by atoms with Crippen LogP contribution in [0, 0.1) is 5.41 Å². The molecule has 0 radical (unpaired) electrons. The average Bonchev–Trinajstić information content (AvgIpc) is 3.08. The fraction of sp³-hybridized carbons (Fsp3) is 0.412. The number of anilines is 3. The Balaban J connectivity index is 1.56. The number of halogens is 2. The van der Waals surface area contributed by atoms with Gasteiger partial charge in [0.25, 0.3) is 0 Å². The van der Waals surface area contributed by atoms with Crippen LogP contribution < -0.4 is 16.0 Å². The number of rotatable bonds is 4. The van der Waals surface area contributed by atoms with Gasteiger partial charge in [-0.15, -0.1) is 0 Å². The van der Waals surface area contributed by atoms with Gasteiger partial charge in [0.1, 0.15) is 16.0 Å². The summed E-state index contributed by atoms with van der Waals surface area (Å²) in [6.07, 6.45) is 5.43. The van der Waals surface area contributed by atoms with Crippen molar-refractivity contribution in [3.05, 3.63) is 28.6 Å². The molecular weight excluding hydrogens is 387 g/mol. The van der Waals surface area contributed by atoms with Gasteiger partial charge in [0.2, 0.25) is 5.65 Å². The number of pyridine rings is 1. The minimum atomic E-state index is 0.211. The number of aromatic amines is 1. The first-order valence-electron chi connectivity index (χ1n) is 8.72. The SMILES string of the molecule is CC1(CN)CCN(c2cnc3c(Nc4ccnc(Cl)c4Cl)[nH]nc3n2)CC1. The van der Waals surface area contributed by atoms with Crippen molar-refractivity contribution in [2.24, 2.45) is 11.1 Å². The molecule has 3 aromatic rings. The fourth-order valence-corrected chi connectivity index (χ4v) is 3.47. The maximum atomic E-state index is 6.18. The van der Waals surface area contributed by atoms with Gasteiger partial charge in [0.15, 0.2) is 11.3 Å². The fourth-order valence-electron chi connectivity index (χ4n) is 3.16. The van der Waals surface area contributed by atoms with Crippen LogP contribution in [0.3, 0.4) is 0 Å². The Bertz CT molecular complexity index is 965. The van der Waals surface area contributed by atoms with Gasteiger partial charge in [0.05, 0.1) is 11.9 Å². The molecule has 0 aliphatic carbocycles. The number of hydrogen-bond acceptors (Lipinski definition) is 7. The van der Waals surface area contributed by atoms with Crippen LogP contribution in [0.5, 0.6) is 0 Å². The number of fused-ring (bicyclic) bond motifs is 1. The quantitative estimate of drug-likeness (QED) is 0.569. The van der Waals surface area contributed by atoms with Crippen molar-refractivity contribution in [2.45, 2.75) is 19.8 Å². The second kappa shape index (κ2) is 7.10. The zero-order valence-corrected chi connectivity index (χ0v) is 16.3. The van der Waals surface area contributed by atoms with Crippen LogP contribution in [0.4, 0.5) is 17.3 Å². The molecular formula is C17H20Cl2N8. The predicted molar refractivity (Wildman–Crippen MR) is 108 cm³/mol. The van der Waals surface area contributed by atoms with E-state index >= 15 is 0 Å². The second-order valence-electron chi connectivity index (χ2n) is 7.09. The Hall–Kier alpha value is -2.16. The maximum absolute atomic E-state index is 6.18. The van der Waals surface area contributed by atoms with Crippen molar-refractivity contribution < 1.29 is 0 Å². The van der Waals surface area contributed by atoms with Gasteiger partial charge < -0.3 is 16.0 Å². The summed E-state index contributed by atoms with van der Waals surface area (Å²) in [6.45, 7) is 4.77. The van der Waals surface area contributed by atoms with Crippen molar-refractivity contribution in [3.63, 3.8) is 0 Å². The van der Waals surface area contributed by atoms with Crippen LogP contribution in [0.2, 0.25) is 10.2 Å². The highest BCUT2D eigenvalue weighted by molar-refractivity contribution is 6.43. The van der Waals surface area contributed by atoms with E-state index in [0.717, 1.165) is 31.7 Å². The van der Waals surface area contributed by atoms with Crippen LogP contribution in [0.25, 0.3) is 11.2 Å². The Morgan fingerprint density at radius 2 is 2.07 bits per heavy atom. The molecule has 4 N–H and O–H groups in total. The summed E-state index contributed by atoms with van der Waals surface area (Å²) in [5.41, 5.74) is 7.89. The lowest BCUT2D eigenvalue weighted by molar-refractivity contribution is 0.258. The number of nitrogens with one attached hydrogen (secondary N) is 2. The Labute approximate surface area is 166 Å². The molecule has 0 saturated carbocycles. The van der Waals surface area contributed by atoms with E-state index in [2.05, 4.69) is 42.3 Å². The van der Waals surface area contributed by atoms with Crippen molar-refractivity contribution >= 4 is 51.7 Å². The normalized spacial score (nSPS) is 16.7. The first-order valence-corrected chi connectivity index (χ1v) is 9.48. The molecule has 8 nitrogen and oxygen atoms in total. The van der Waals surface area contributed by atoms with E-state index in [4.69, 9.17) is 28.9 Å². The highest BCUT2D eigenvalue weighted by atomic mass is 35.5. The molecule has 142 valence electrons. The van der Waals surface area contributed by atoms with E-state index in [0.29, 0.717) is 34.2 Å². The third-order valence-corrected chi connectivity index (χ3v) is 5.91. The van der Waals surface area contributed by atoms with E-state index in [1.807, 2.05) is 0 Å². The van der Waals surface area contributed by atoms with Crippen molar-refractivity contribution in [1.82, 2.24) is 25.1 Å². The maximum Gasteiger partial charge on any atom is 0.203 e. The summed E-state index contributed by atoms with van der Waals surface area (Å²) in [6, 6.07) is 1.73. The van der Waals surface area contributed by atoms with Gasteiger partial charge in [0, 0.05) is 19.3 Å².